The largest absolute Gasteiger partial charge is 0.465 e. The van der Waals surface area contributed by atoms with Gasteiger partial charge in [0, 0.05) is 6.54 Å². The van der Waals surface area contributed by atoms with E-state index in [1.54, 1.807) is 18.0 Å². The van der Waals surface area contributed by atoms with Gasteiger partial charge in [0.1, 0.15) is 17.1 Å². The highest BCUT2D eigenvalue weighted by Gasteiger charge is 2.45. The summed E-state index contributed by atoms with van der Waals surface area (Å²) in [5, 5.41) is 11.5. The van der Waals surface area contributed by atoms with E-state index in [1.165, 1.54) is 0 Å². The van der Waals surface area contributed by atoms with Gasteiger partial charge in [0.2, 0.25) is 5.91 Å². The van der Waals surface area contributed by atoms with E-state index in [-0.39, 0.29) is 17.9 Å². The first-order chi connectivity index (χ1) is 10.8. The van der Waals surface area contributed by atoms with Gasteiger partial charge in [-0.1, -0.05) is 19.8 Å². The molecule has 1 aromatic heterocycles. The highest BCUT2D eigenvalue weighted by molar-refractivity contribution is 5.90. The minimum Gasteiger partial charge on any atom is -0.465 e. The lowest BCUT2D eigenvalue weighted by molar-refractivity contribution is -0.140. The zero-order valence-electron chi connectivity index (χ0n) is 13.6. The van der Waals surface area contributed by atoms with Crippen LogP contribution >= 0.6 is 0 Å². The number of aromatic nitrogens is 2. The first-order valence-corrected chi connectivity index (χ1v) is 7.63. The summed E-state index contributed by atoms with van der Waals surface area (Å²) < 4.78 is 0. The Morgan fingerprint density at radius 3 is 2.83 bits per heavy atom. The maximum atomic E-state index is 13.0. The number of H-pyrrole nitrogens is 1. The molecule has 0 aromatic carbocycles. The third-order valence-electron chi connectivity index (χ3n) is 4.55. The molecule has 2 rings (SSSR count). The Bertz CT molecular complexity index is 646. The van der Waals surface area contributed by atoms with E-state index < -0.39 is 11.6 Å². The molecule has 2 amide bonds. The first-order valence-electron chi connectivity index (χ1n) is 7.63. The molecule has 7 nitrogen and oxygen atoms in total. The van der Waals surface area contributed by atoms with Crippen molar-refractivity contribution in [1.82, 2.24) is 20.2 Å². The summed E-state index contributed by atoms with van der Waals surface area (Å²) >= 11 is 0. The standard InChI is InChI=1S/C16H22N4O3/c1-5-11-9-17-13(18-11)12-7-6-8-20(12)14(21)16(4,10(2)3)19-15(22)23/h1,9-10,12,19H,6-8H2,2-4H3,(H,17,18)(H,22,23). The van der Waals surface area contributed by atoms with Crippen molar-refractivity contribution in [3.63, 3.8) is 0 Å². The summed E-state index contributed by atoms with van der Waals surface area (Å²) in [5.41, 5.74) is -0.620. The van der Waals surface area contributed by atoms with E-state index in [1.807, 2.05) is 13.8 Å². The predicted molar refractivity (Wildman–Crippen MR) is 84.6 cm³/mol. The zero-order chi connectivity index (χ0) is 17.2. The Kier molecular flexibility index (Phi) is 4.64. The molecule has 0 aliphatic carbocycles. The molecule has 1 aromatic rings. The van der Waals surface area contributed by atoms with Crippen molar-refractivity contribution in [3.05, 3.63) is 17.7 Å². The monoisotopic (exact) mass is 318 g/mol. The number of imidazole rings is 1. The SMILES string of the molecule is C#Cc1cnc(C2CCCN2C(=O)C(C)(NC(=O)O)C(C)C)[nH]1. The van der Waals surface area contributed by atoms with Crippen molar-refractivity contribution in [1.29, 1.82) is 0 Å². The molecule has 124 valence electrons. The molecule has 2 atom stereocenters. The highest BCUT2D eigenvalue weighted by Crippen LogP contribution is 2.33. The van der Waals surface area contributed by atoms with Crippen molar-refractivity contribution < 1.29 is 14.7 Å². The van der Waals surface area contributed by atoms with Gasteiger partial charge >= 0.3 is 6.09 Å². The second-order valence-electron chi connectivity index (χ2n) is 6.27. The number of aromatic amines is 1. The summed E-state index contributed by atoms with van der Waals surface area (Å²) in [6, 6.07) is -0.210. The van der Waals surface area contributed by atoms with Gasteiger partial charge in [0.15, 0.2) is 0 Å². The third-order valence-corrected chi connectivity index (χ3v) is 4.55. The van der Waals surface area contributed by atoms with Crippen molar-refractivity contribution in [2.24, 2.45) is 5.92 Å². The van der Waals surface area contributed by atoms with Crippen molar-refractivity contribution >= 4 is 12.0 Å². The molecular formula is C16H22N4O3. The number of carboxylic acid groups (broad SMARTS) is 1. The van der Waals surface area contributed by atoms with E-state index in [0.717, 1.165) is 12.8 Å². The van der Waals surface area contributed by atoms with Crippen LogP contribution in [0.15, 0.2) is 6.20 Å². The van der Waals surface area contributed by atoms with E-state index >= 15 is 0 Å². The van der Waals surface area contributed by atoms with Gasteiger partial charge in [0.25, 0.3) is 0 Å². The lowest BCUT2D eigenvalue weighted by Gasteiger charge is -2.37. The molecule has 2 heterocycles. The minimum absolute atomic E-state index is 0.190. The number of hydrogen-bond donors (Lipinski definition) is 3. The molecule has 3 N–H and O–H groups in total. The van der Waals surface area contributed by atoms with Crippen LogP contribution < -0.4 is 5.32 Å². The maximum absolute atomic E-state index is 13.0. The lowest BCUT2D eigenvalue weighted by Crippen LogP contribution is -2.60. The van der Waals surface area contributed by atoms with Gasteiger partial charge in [-0.05, 0) is 25.7 Å². The number of amides is 2. The summed E-state index contributed by atoms with van der Waals surface area (Å²) in [6.07, 6.45) is 7.30. The van der Waals surface area contributed by atoms with E-state index in [2.05, 4.69) is 21.2 Å². The van der Waals surface area contributed by atoms with Crippen molar-refractivity contribution in [2.45, 2.75) is 45.2 Å². The van der Waals surface area contributed by atoms with Crippen LogP contribution in [-0.4, -0.2) is 44.1 Å². The normalized spacial score (nSPS) is 20.1. The molecule has 1 saturated heterocycles. The quantitative estimate of drug-likeness (QED) is 0.736. The third kappa shape index (κ3) is 3.16. The van der Waals surface area contributed by atoms with E-state index in [4.69, 9.17) is 11.5 Å². The number of carbonyl (C=O) groups is 2. The number of nitrogens with zero attached hydrogens (tertiary/aromatic N) is 2. The van der Waals surface area contributed by atoms with Gasteiger partial charge < -0.3 is 20.3 Å². The number of carbonyl (C=O) groups excluding carboxylic acids is 1. The molecule has 0 radical (unpaired) electrons. The smallest absolute Gasteiger partial charge is 0.405 e. The number of likely N-dealkylation sites (tertiary alicyclic amines) is 1. The molecule has 1 aliphatic rings. The fourth-order valence-corrected chi connectivity index (χ4v) is 2.84. The topological polar surface area (TPSA) is 98.3 Å². The molecule has 23 heavy (non-hydrogen) atoms. The molecule has 1 aliphatic heterocycles. The molecule has 7 heteroatoms. The lowest BCUT2D eigenvalue weighted by atomic mass is 9.86. The van der Waals surface area contributed by atoms with Gasteiger partial charge in [-0.3, -0.25) is 4.79 Å². The van der Waals surface area contributed by atoms with Crippen LogP contribution in [0.2, 0.25) is 0 Å². The molecule has 2 unspecified atom stereocenters. The number of terminal acetylenes is 1. The van der Waals surface area contributed by atoms with Gasteiger partial charge in [-0.15, -0.1) is 6.42 Å². The molecule has 0 bridgehead atoms. The van der Waals surface area contributed by atoms with Crippen LogP contribution in [0.25, 0.3) is 0 Å². The van der Waals surface area contributed by atoms with E-state index in [0.29, 0.717) is 18.1 Å². The Morgan fingerprint density at radius 2 is 2.30 bits per heavy atom. The zero-order valence-corrected chi connectivity index (χ0v) is 13.6. The Labute approximate surface area is 135 Å². The first kappa shape index (κ1) is 16.9. The van der Waals surface area contributed by atoms with Crippen molar-refractivity contribution in [3.8, 4) is 12.3 Å². The Balaban J connectivity index is 2.29. The van der Waals surface area contributed by atoms with Crippen LogP contribution in [0.5, 0.6) is 0 Å². The maximum Gasteiger partial charge on any atom is 0.405 e. The average Bonchev–Trinajstić information content (AvgIpc) is 3.13. The summed E-state index contributed by atoms with van der Waals surface area (Å²) in [4.78, 5) is 33.1. The summed E-state index contributed by atoms with van der Waals surface area (Å²) in [6.45, 7) is 5.84. The second-order valence-corrected chi connectivity index (χ2v) is 6.27. The number of nitrogens with one attached hydrogen (secondary N) is 2. The Hall–Kier alpha value is -2.49. The van der Waals surface area contributed by atoms with Crippen LogP contribution in [0.3, 0.4) is 0 Å². The highest BCUT2D eigenvalue weighted by atomic mass is 16.4. The van der Waals surface area contributed by atoms with Gasteiger partial charge in [-0.2, -0.15) is 0 Å². The van der Waals surface area contributed by atoms with Gasteiger partial charge in [-0.25, -0.2) is 9.78 Å². The van der Waals surface area contributed by atoms with Crippen LogP contribution in [0.4, 0.5) is 4.79 Å². The summed E-state index contributed by atoms with van der Waals surface area (Å²) in [7, 11) is 0. The fourth-order valence-electron chi connectivity index (χ4n) is 2.84. The number of hydrogen-bond acceptors (Lipinski definition) is 3. The van der Waals surface area contributed by atoms with Crippen LogP contribution in [-0.2, 0) is 4.79 Å². The van der Waals surface area contributed by atoms with Gasteiger partial charge in [0.05, 0.1) is 12.2 Å². The second kappa shape index (κ2) is 6.32. The molecule has 0 spiro atoms. The van der Waals surface area contributed by atoms with Crippen LogP contribution in [0, 0.1) is 18.3 Å². The van der Waals surface area contributed by atoms with E-state index in [9.17, 15) is 9.59 Å². The molecular weight excluding hydrogens is 296 g/mol. The summed E-state index contributed by atoms with van der Waals surface area (Å²) in [5.74, 6) is 2.69. The molecule has 1 fully saturated rings. The fraction of sp³-hybridized carbons (Fsp3) is 0.562. The number of rotatable bonds is 4. The van der Waals surface area contributed by atoms with Crippen LogP contribution in [0.1, 0.15) is 51.2 Å². The Morgan fingerprint density at radius 1 is 1.61 bits per heavy atom. The molecule has 0 saturated carbocycles. The minimum atomic E-state index is -1.21. The average molecular weight is 318 g/mol. The van der Waals surface area contributed by atoms with Crippen molar-refractivity contribution in [2.75, 3.05) is 6.54 Å². The predicted octanol–water partition coefficient (Wildman–Crippen LogP) is 1.74.